The van der Waals surface area contributed by atoms with Crippen molar-refractivity contribution < 1.29 is 14.6 Å². The van der Waals surface area contributed by atoms with E-state index in [1.54, 1.807) is 7.11 Å². The summed E-state index contributed by atoms with van der Waals surface area (Å²) in [6.07, 6.45) is 2.39. The second-order valence-electron chi connectivity index (χ2n) is 6.15. The van der Waals surface area contributed by atoms with E-state index >= 15 is 0 Å². The fraction of sp³-hybridized carbons (Fsp3) is 0.588. The van der Waals surface area contributed by atoms with Crippen molar-refractivity contribution >= 4 is 6.03 Å². The van der Waals surface area contributed by atoms with Crippen LogP contribution in [0.1, 0.15) is 43.4 Å². The Kier molecular flexibility index (Phi) is 5.66. The average molecular weight is 306 g/mol. The number of benzene rings is 1. The zero-order valence-corrected chi connectivity index (χ0v) is 13.6. The van der Waals surface area contributed by atoms with Crippen LogP contribution < -0.4 is 15.4 Å². The first-order valence-corrected chi connectivity index (χ1v) is 7.86. The summed E-state index contributed by atoms with van der Waals surface area (Å²) in [6.45, 7) is 4.57. The summed E-state index contributed by atoms with van der Waals surface area (Å²) >= 11 is 0. The van der Waals surface area contributed by atoms with E-state index in [0.717, 1.165) is 36.1 Å². The summed E-state index contributed by atoms with van der Waals surface area (Å²) in [4.78, 5) is 12.0. The third kappa shape index (κ3) is 4.37. The van der Waals surface area contributed by atoms with Crippen LogP contribution in [0.5, 0.6) is 5.75 Å². The predicted octanol–water partition coefficient (Wildman–Crippen LogP) is 2.52. The second-order valence-corrected chi connectivity index (χ2v) is 6.15. The SMILES string of the molecule is COc1ccc(C)cc1[C@H](C)NC(=O)NC[C@@H]1CC[C@@H](O)C1. The molecule has 0 aliphatic heterocycles. The van der Waals surface area contributed by atoms with E-state index in [2.05, 4.69) is 10.6 Å². The van der Waals surface area contributed by atoms with Gasteiger partial charge in [0.2, 0.25) is 0 Å². The minimum Gasteiger partial charge on any atom is -0.496 e. The molecule has 1 fully saturated rings. The van der Waals surface area contributed by atoms with Gasteiger partial charge in [-0.05, 0) is 45.1 Å². The molecular formula is C17H26N2O3. The number of aryl methyl sites for hydroxylation is 1. The number of ether oxygens (including phenoxy) is 1. The minimum absolute atomic E-state index is 0.135. The maximum atomic E-state index is 12.0. The van der Waals surface area contributed by atoms with Crippen LogP contribution in [-0.4, -0.2) is 30.9 Å². The summed E-state index contributed by atoms with van der Waals surface area (Å²) < 4.78 is 5.36. The van der Waals surface area contributed by atoms with Gasteiger partial charge in [-0.1, -0.05) is 17.7 Å². The smallest absolute Gasteiger partial charge is 0.315 e. The highest BCUT2D eigenvalue weighted by Crippen LogP contribution is 2.26. The van der Waals surface area contributed by atoms with E-state index in [-0.39, 0.29) is 18.2 Å². The van der Waals surface area contributed by atoms with Crippen molar-refractivity contribution in [1.82, 2.24) is 10.6 Å². The zero-order chi connectivity index (χ0) is 16.1. The lowest BCUT2D eigenvalue weighted by atomic mass is 10.0. The van der Waals surface area contributed by atoms with Crippen LogP contribution >= 0.6 is 0 Å². The molecule has 5 nitrogen and oxygen atoms in total. The van der Waals surface area contributed by atoms with E-state index in [0.29, 0.717) is 12.5 Å². The van der Waals surface area contributed by atoms with E-state index in [4.69, 9.17) is 4.74 Å². The van der Waals surface area contributed by atoms with Gasteiger partial charge in [0.1, 0.15) is 5.75 Å². The molecular weight excluding hydrogens is 280 g/mol. The predicted molar refractivity (Wildman–Crippen MR) is 86.0 cm³/mol. The third-order valence-corrected chi connectivity index (χ3v) is 4.26. The normalized spacial score (nSPS) is 22.2. The Morgan fingerprint density at radius 3 is 2.86 bits per heavy atom. The van der Waals surface area contributed by atoms with E-state index in [9.17, 15) is 9.90 Å². The van der Waals surface area contributed by atoms with E-state index < -0.39 is 0 Å². The monoisotopic (exact) mass is 306 g/mol. The first-order valence-electron chi connectivity index (χ1n) is 7.86. The molecule has 2 amide bonds. The van der Waals surface area contributed by atoms with Crippen molar-refractivity contribution in [1.29, 1.82) is 0 Å². The lowest BCUT2D eigenvalue weighted by Gasteiger charge is -2.19. The van der Waals surface area contributed by atoms with Crippen molar-refractivity contribution in [3.8, 4) is 5.75 Å². The van der Waals surface area contributed by atoms with Crippen LogP contribution in [0.2, 0.25) is 0 Å². The van der Waals surface area contributed by atoms with Crippen LogP contribution in [-0.2, 0) is 0 Å². The van der Waals surface area contributed by atoms with Gasteiger partial charge in [0, 0.05) is 12.1 Å². The number of carbonyl (C=O) groups is 1. The number of nitrogens with one attached hydrogen (secondary N) is 2. The summed E-state index contributed by atoms with van der Waals surface area (Å²) in [6, 6.07) is 5.61. The van der Waals surface area contributed by atoms with Gasteiger partial charge in [-0.2, -0.15) is 0 Å². The lowest BCUT2D eigenvalue weighted by molar-refractivity contribution is 0.177. The Balaban J connectivity index is 1.87. The molecule has 22 heavy (non-hydrogen) atoms. The lowest BCUT2D eigenvalue weighted by Crippen LogP contribution is -2.39. The van der Waals surface area contributed by atoms with Gasteiger partial charge in [-0.15, -0.1) is 0 Å². The summed E-state index contributed by atoms with van der Waals surface area (Å²) in [5, 5.41) is 15.3. The molecule has 122 valence electrons. The van der Waals surface area contributed by atoms with Crippen molar-refractivity contribution in [3.05, 3.63) is 29.3 Å². The van der Waals surface area contributed by atoms with Crippen molar-refractivity contribution in [2.45, 2.75) is 45.3 Å². The van der Waals surface area contributed by atoms with E-state index in [1.807, 2.05) is 32.0 Å². The molecule has 5 heteroatoms. The summed E-state index contributed by atoms with van der Waals surface area (Å²) in [5.41, 5.74) is 2.10. The van der Waals surface area contributed by atoms with Gasteiger partial charge in [-0.3, -0.25) is 0 Å². The highest BCUT2D eigenvalue weighted by Gasteiger charge is 2.23. The molecule has 3 N–H and O–H groups in total. The Morgan fingerprint density at radius 1 is 1.45 bits per heavy atom. The van der Waals surface area contributed by atoms with Crippen molar-refractivity contribution in [2.24, 2.45) is 5.92 Å². The fourth-order valence-corrected chi connectivity index (χ4v) is 2.99. The van der Waals surface area contributed by atoms with E-state index in [1.165, 1.54) is 0 Å². The number of urea groups is 1. The highest BCUT2D eigenvalue weighted by molar-refractivity contribution is 5.74. The topological polar surface area (TPSA) is 70.6 Å². The maximum Gasteiger partial charge on any atom is 0.315 e. The average Bonchev–Trinajstić information content (AvgIpc) is 2.90. The molecule has 0 saturated heterocycles. The number of rotatable bonds is 5. The van der Waals surface area contributed by atoms with Gasteiger partial charge in [0.25, 0.3) is 0 Å². The summed E-state index contributed by atoms with van der Waals surface area (Å²) in [5.74, 6) is 1.15. The number of hydrogen-bond acceptors (Lipinski definition) is 3. The maximum absolute atomic E-state index is 12.0. The quantitative estimate of drug-likeness (QED) is 0.783. The van der Waals surface area contributed by atoms with Gasteiger partial charge >= 0.3 is 6.03 Å². The molecule has 0 radical (unpaired) electrons. The van der Waals surface area contributed by atoms with Gasteiger partial charge in [0.15, 0.2) is 0 Å². The van der Waals surface area contributed by atoms with Crippen molar-refractivity contribution in [2.75, 3.05) is 13.7 Å². The largest absolute Gasteiger partial charge is 0.496 e. The van der Waals surface area contributed by atoms with Crippen LogP contribution in [0.4, 0.5) is 4.79 Å². The second kappa shape index (κ2) is 7.49. The Bertz CT molecular complexity index is 519. The molecule has 3 atom stereocenters. The molecule has 0 heterocycles. The van der Waals surface area contributed by atoms with Gasteiger partial charge in [0.05, 0.1) is 19.3 Å². The van der Waals surface area contributed by atoms with Gasteiger partial charge in [-0.25, -0.2) is 4.79 Å². The van der Waals surface area contributed by atoms with Crippen LogP contribution in [0, 0.1) is 12.8 Å². The molecule has 0 aromatic heterocycles. The van der Waals surface area contributed by atoms with Crippen LogP contribution in [0.15, 0.2) is 18.2 Å². The number of carbonyl (C=O) groups excluding carboxylic acids is 1. The highest BCUT2D eigenvalue weighted by atomic mass is 16.5. The third-order valence-electron chi connectivity index (χ3n) is 4.26. The van der Waals surface area contributed by atoms with Crippen molar-refractivity contribution in [3.63, 3.8) is 0 Å². The molecule has 1 aliphatic carbocycles. The molecule has 0 spiro atoms. The number of aliphatic hydroxyl groups is 1. The first-order chi connectivity index (χ1) is 10.5. The van der Waals surface area contributed by atoms with Crippen LogP contribution in [0.3, 0.4) is 0 Å². The first kappa shape index (κ1) is 16.6. The number of aliphatic hydroxyl groups excluding tert-OH is 1. The minimum atomic E-state index is -0.203. The molecule has 0 bridgehead atoms. The molecule has 2 rings (SSSR count). The van der Waals surface area contributed by atoms with Crippen LogP contribution in [0.25, 0.3) is 0 Å². The Hall–Kier alpha value is -1.75. The fourth-order valence-electron chi connectivity index (χ4n) is 2.99. The molecule has 1 aromatic carbocycles. The summed E-state index contributed by atoms with van der Waals surface area (Å²) in [7, 11) is 1.63. The number of methoxy groups -OCH3 is 1. The standard InChI is InChI=1S/C17H26N2O3/c1-11-4-7-16(22-3)15(8-11)12(2)19-17(21)18-10-13-5-6-14(20)9-13/h4,7-8,12-14,20H,5-6,9-10H2,1-3H3,(H2,18,19,21)/t12-,13+,14+/m0/s1. The molecule has 1 aromatic rings. The molecule has 1 saturated carbocycles. The zero-order valence-electron chi connectivity index (χ0n) is 13.6. The molecule has 0 unspecified atom stereocenters. The number of hydrogen-bond donors (Lipinski definition) is 3. The molecule has 1 aliphatic rings. The van der Waals surface area contributed by atoms with Gasteiger partial charge < -0.3 is 20.5 Å². The number of amides is 2. The Labute approximate surface area is 132 Å². The Morgan fingerprint density at radius 2 is 2.23 bits per heavy atom.